The van der Waals surface area contributed by atoms with Gasteiger partial charge in [0.2, 0.25) is 0 Å². The minimum absolute atomic E-state index is 0.00413. The van der Waals surface area contributed by atoms with Gasteiger partial charge in [0.15, 0.2) is 0 Å². The molecule has 12 unspecified atom stereocenters. The zero-order chi connectivity index (χ0) is 51.4. The fraction of sp³-hybridized carbons (Fsp3) is 0.540. The smallest absolute Gasteiger partial charge is 0.309 e. The molecule has 3 fully saturated rings. The number of nitrogens with one attached hydrogen (secondary N) is 2. The fourth-order valence-electron chi connectivity index (χ4n) is 14.5. The Hall–Kier alpha value is -5.29. The van der Waals surface area contributed by atoms with Crippen molar-refractivity contribution in [3.63, 3.8) is 0 Å². The molecule has 0 radical (unpaired) electrons. The summed E-state index contributed by atoms with van der Waals surface area (Å²) in [7, 11) is 0. The van der Waals surface area contributed by atoms with Crippen LogP contribution in [0.5, 0.6) is 11.5 Å². The third-order valence-electron chi connectivity index (χ3n) is 18.4. The van der Waals surface area contributed by atoms with Gasteiger partial charge in [-0.1, -0.05) is 126 Å². The number of phenolic OH excluding ortho intramolecular Hbond substituents is 2. The number of carbonyl (C=O) groups is 1. The molecule has 1 aromatic heterocycles. The number of allylic oxidation sites excluding steroid dienone is 3. The molecule has 2 heterocycles. The number of dihydropyridines is 1. The highest BCUT2D eigenvalue weighted by Gasteiger charge is 2.60. The third-order valence-corrected chi connectivity index (χ3v) is 18.4. The highest BCUT2D eigenvalue weighted by Crippen LogP contribution is 2.61. The number of hydrogen-bond donors (Lipinski definition) is 9. The Bertz CT molecular complexity index is 2600. The van der Waals surface area contributed by atoms with Crippen LogP contribution in [0.4, 0.5) is 0 Å². The summed E-state index contributed by atoms with van der Waals surface area (Å²) in [6.07, 6.45) is 20.7. The molecular formula is C63H83N3O7. The molecule has 3 aromatic carbocycles. The van der Waals surface area contributed by atoms with Gasteiger partial charge in [-0.2, -0.15) is 0 Å². The number of phenols is 2. The summed E-state index contributed by atoms with van der Waals surface area (Å²) in [5, 5.41) is 74.5. The van der Waals surface area contributed by atoms with Gasteiger partial charge in [-0.05, 0) is 153 Å². The number of H-pyrrole nitrogens is 1. The van der Waals surface area contributed by atoms with Crippen molar-refractivity contribution in [1.82, 2.24) is 10.3 Å². The summed E-state index contributed by atoms with van der Waals surface area (Å²) in [5.74, 6) is -1.49. The van der Waals surface area contributed by atoms with Gasteiger partial charge in [-0.3, -0.25) is 4.79 Å². The van der Waals surface area contributed by atoms with E-state index < -0.39 is 23.6 Å². The van der Waals surface area contributed by atoms with E-state index in [-0.39, 0.29) is 59.0 Å². The second kappa shape index (κ2) is 23.1. The number of aromatic hydroxyl groups is 2. The number of unbranched alkanes of at least 4 members (excludes halogenated alkanes) is 3. The monoisotopic (exact) mass is 994 g/mol. The zero-order valence-electron chi connectivity index (χ0n) is 43.6. The molecule has 0 amide bonds. The third kappa shape index (κ3) is 11.7. The minimum atomic E-state index is -1.17. The van der Waals surface area contributed by atoms with Crippen LogP contribution in [0.15, 0.2) is 108 Å². The molecule has 12 atom stereocenters. The summed E-state index contributed by atoms with van der Waals surface area (Å²) in [6.45, 7) is 7.21. The molecule has 9 rings (SSSR count). The number of aromatic nitrogens is 1. The number of aliphatic hydroxyl groups is 3. The maximum Gasteiger partial charge on any atom is 0.309 e. The predicted molar refractivity (Wildman–Crippen MR) is 291 cm³/mol. The summed E-state index contributed by atoms with van der Waals surface area (Å²) < 4.78 is 0. The first-order valence-electron chi connectivity index (χ1n) is 28.0. The van der Waals surface area contributed by atoms with Gasteiger partial charge in [-0.15, -0.1) is 0 Å². The average Bonchev–Trinajstić information content (AvgIpc) is 3.93. The van der Waals surface area contributed by atoms with Crippen LogP contribution in [0, 0.1) is 47.3 Å². The fourth-order valence-corrected chi connectivity index (χ4v) is 14.5. The van der Waals surface area contributed by atoms with Crippen molar-refractivity contribution >= 4 is 5.97 Å². The molecule has 10 nitrogen and oxygen atoms in total. The Morgan fingerprint density at radius 2 is 1.60 bits per heavy atom. The van der Waals surface area contributed by atoms with Crippen LogP contribution >= 0.6 is 0 Å². The van der Waals surface area contributed by atoms with Crippen molar-refractivity contribution in [3.05, 3.63) is 131 Å². The number of rotatable bonds is 18. The van der Waals surface area contributed by atoms with Gasteiger partial charge in [0.05, 0.1) is 35.2 Å². The molecule has 10 heteroatoms. The van der Waals surface area contributed by atoms with Crippen LogP contribution in [0.3, 0.4) is 0 Å². The van der Waals surface area contributed by atoms with Crippen LogP contribution < -0.4 is 11.1 Å². The second-order valence-electron chi connectivity index (χ2n) is 23.3. The first-order chi connectivity index (χ1) is 35.2. The second-order valence-corrected chi connectivity index (χ2v) is 23.3. The van der Waals surface area contributed by atoms with Gasteiger partial charge >= 0.3 is 5.97 Å². The number of carboxylic acids is 1. The molecule has 10 N–H and O–H groups in total. The van der Waals surface area contributed by atoms with Crippen molar-refractivity contribution in [2.75, 3.05) is 6.54 Å². The molecule has 392 valence electrons. The van der Waals surface area contributed by atoms with Crippen molar-refractivity contribution in [2.24, 2.45) is 53.1 Å². The van der Waals surface area contributed by atoms with Gasteiger partial charge < -0.3 is 46.7 Å². The summed E-state index contributed by atoms with van der Waals surface area (Å²) in [6, 6.07) is 24.0. The van der Waals surface area contributed by atoms with E-state index in [1.54, 1.807) is 6.07 Å². The van der Waals surface area contributed by atoms with Crippen LogP contribution in [-0.2, 0) is 11.2 Å². The maximum atomic E-state index is 13.6. The number of aromatic amines is 1. The van der Waals surface area contributed by atoms with E-state index in [2.05, 4.69) is 91.8 Å². The van der Waals surface area contributed by atoms with E-state index in [4.69, 9.17) is 5.73 Å². The standard InChI is InChI=1S/C63H83N3O7/c1-4-5-7-12-39-19-22-44(56(68)31-39)15-10-11-16-45-23-25-49(54-33-47(29-41-27-28-65-58(64)32-41)53-26-24-46(37-63(53,54)73)61(70)59(45)62(71)72)55-36-50(43-13-8-6-9-14-43)60(66-55)52-34-48(67)35-57(69)51(52)30-40-17-20-42(21-18-40)38(2)3/h6,8-9,13-14,17-22,27,32,34-36,38-39,44-47,49,53-54,56,59,61,65-70,73H,4-5,7,10-12,15-16,23-26,28-31,33,37,64H2,1-3H3,(H,71,72). The Morgan fingerprint density at radius 3 is 2.33 bits per heavy atom. The molecule has 4 aromatic rings. The summed E-state index contributed by atoms with van der Waals surface area (Å²) in [5.41, 5.74) is 13.5. The zero-order valence-corrected chi connectivity index (χ0v) is 43.6. The Balaban J connectivity index is 1.09. The molecule has 2 bridgehead atoms. The molecule has 5 aliphatic rings. The van der Waals surface area contributed by atoms with Gasteiger partial charge in [-0.25, -0.2) is 0 Å². The number of fused-ring (bicyclic) bond motifs is 1. The highest BCUT2D eigenvalue weighted by molar-refractivity contribution is 5.85. The number of carboxylic acid groups (broad SMARTS) is 1. The first-order valence-corrected chi connectivity index (χ1v) is 28.0. The van der Waals surface area contributed by atoms with Gasteiger partial charge in [0.25, 0.3) is 0 Å². The normalized spacial score (nSPS) is 30.2. The largest absolute Gasteiger partial charge is 0.508 e. The number of aliphatic carboxylic acids is 1. The molecule has 3 saturated carbocycles. The number of benzene rings is 3. The minimum Gasteiger partial charge on any atom is -0.508 e. The number of hydrogen-bond acceptors (Lipinski definition) is 8. The lowest BCUT2D eigenvalue weighted by Gasteiger charge is -2.49. The van der Waals surface area contributed by atoms with Gasteiger partial charge in [0, 0.05) is 53.3 Å². The van der Waals surface area contributed by atoms with Crippen molar-refractivity contribution in [1.29, 1.82) is 0 Å². The lowest BCUT2D eigenvalue weighted by Crippen LogP contribution is -2.52. The van der Waals surface area contributed by atoms with Crippen molar-refractivity contribution in [3.8, 4) is 33.9 Å². The lowest BCUT2D eigenvalue weighted by atomic mass is 9.60. The topological polar surface area (TPSA) is 192 Å². The Labute approximate surface area is 433 Å². The molecule has 0 saturated heterocycles. The van der Waals surface area contributed by atoms with Crippen LogP contribution in [0.2, 0.25) is 0 Å². The van der Waals surface area contributed by atoms with Crippen molar-refractivity contribution in [2.45, 2.75) is 160 Å². The SMILES string of the molecule is CCCCCC1C=CC(CCCCC2CCC(c3cc(-c4ccccc4)c(-c4cc(O)cc(O)c4Cc4ccc(C(C)C)cc4)[nH]3)C3CC(CC4=CCNC(N)=C4)C4CCC(CC43O)C(O)C2C(=O)O)C(O)C1. The van der Waals surface area contributed by atoms with Crippen LogP contribution in [0.25, 0.3) is 22.4 Å². The molecule has 0 spiro atoms. The quantitative estimate of drug-likeness (QED) is 0.0345. The maximum absolute atomic E-state index is 13.6. The number of nitrogens with two attached hydrogens (primary N) is 1. The predicted octanol–water partition coefficient (Wildman–Crippen LogP) is 12.2. The Morgan fingerprint density at radius 1 is 0.836 bits per heavy atom. The van der Waals surface area contributed by atoms with E-state index in [0.29, 0.717) is 80.3 Å². The average molecular weight is 994 g/mol. The summed E-state index contributed by atoms with van der Waals surface area (Å²) in [4.78, 5) is 17.5. The lowest BCUT2D eigenvalue weighted by molar-refractivity contribution is -0.158. The summed E-state index contributed by atoms with van der Waals surface area (Å²) >= 11 is 0. The molecule has 4 aliphatic carbocycles. The first kappa shape index (κ1) is 52.6. The molecular weight excluding hydrogens is 911 g/mol. The van der Waals surface area contributed by atoms with Crippen molar-refractivity contribution < 1.29 is 35.4 Å². The van der Waals surface area contributed by atoms with Crippen LogP contribution in [0.1, 0.15) is 158 Å². The van der Waals surface area contributed by atoms with E-state index in [1.165, 1.54) is 30.9 Å². The van der Waals surface area contributed by atoms with Gasteiger partial charge in [0.1, 0.15) is 11.5 Å². The van der Waals surface area contributed by atoms with E-state index in [9.17, 15) is 35.4 Å². The Kier molecular flexibility index (Phi) is 16.6. The molecule has 73 heavy (non-hydrogen) atoms. The number of aliphatic hydroxyl groups excluding tert-OH is 2. The van der Waals surface area contributed by atoms with Crippen LogP contribution in [-0.4, -0.2) is 65.9 Å². The van der Waals surface area contributed by atoms with E-state index >= 15 is 0 Å². The molecule has 1 aliphatic heterocycles. The van der Waals surface area contributed by atoms with E-state index in [1.807, 2.05) is 24.3 Å². The highest BCUT2D eigenvalue weighted by atomic mass is 16.4. The van der Waals surface area contributed by atoms with E-state index in [0.717, 1.165) is 78.6 Å².